The molecule has 0 aliphatic carbocycles. The van der Waals surface area contributed by atoms with Gasteiger partial charge in [-0.15, -0.1) is 0 Å². The lowest BCUT2D eigenvalue weighted by Crippen LogP contribution is -2.23. The van der Waals surface area contributed by atoms with Gasteiger partial charge in [0.2, 0.25) is 0 Å². The summed E-state index contributed by atoms with van der Waals surface area (Å²) >= 11 is 0. The van der Waals surface area contributed by atoms with Crippen molar-refractivity contribution in [2.24, 2.45) is 0 Å². The Hall–Kier alpha value is -0.130. The summed E-state index contributed by atoms with van der Waals surface area (Å²) in [5, 5.41) is 18.1. The number of rotatable bonds is 6. The summed E-state index contributed by atoms with van der Waals surface area (Å²) < 4.78 is 22.0. The van der Waals surface area contributed by atoms with E-state index in [0.717, 1.165) is 0 Å². The molecule has 2 unspecified atom stereocenters. The van der Waals surface area contributed by atoms with E-state index >= 15 is 0 Å². The Morgan fingerprint density at radius 3 is 2.23 bits per heavy atom. The quantitative estimate of drug-likeness (QED) is 0.644. The molecule has 0 aliphatic rings. The molecule has 0 heterocycles. The molecule has 0 aromatic rings. The summed E-state index contributed by atoms with van der Waals surface area (Å²) in [4.78, 5) is 0. The summed E-state index contributed by atoms with van der Waals surface area (Å²) in [6, 6.07) is 0. The molecule has 0 radical (unpaired) electrons. The lowest BCUT2D eigenvalue weighted by Gasteiger charge is -2.12. The number of hydrogen-bond donors (Lipinski definition) is 2. The van der Waals surface area contributed by atoms with Crippen LogP contribution in [0.2, 0.25) is 0 Å². The van der Waals surface area contributed by atoms with Crippen LogP contribution in [0.3, 0.4) is 0 Å². The van der Waals surface area contributed by atoms with E-state index in [4.69, 9.17) is 10.2 Å². The molecular formula is C8H18O4S. The van der Waals surface area contributed by atoms with Crippen molar-refractivity contribution < 1.29 is 18.6 Å². The third kappa shape index (κ3) is 6.01. The van der Waals surface area contributed by atoms with Crippen molar-refractivity contribution in [2.45, 2.75) is 38.9 Å². The molecule has 5 heteroatoms. The second-order valence-electron chi connectivity index (χ2n) is 3.19. The number of sulfone groups is 1. The maximum Gasteiger partial charge on any atom is 0.150 e. The highest BCUT2D eigenvalue weighted by molar-refractivity contribution is 7.91. The first-order valence-electron chi connectivity index (χ1n) is 4.45. The van der Waals surface area contributed by atoms with Crippen LogP contribution in [0.4, 0.5) is 0 Å². The lowest BCUT2D eigenvalue weighted by molar-refractivity contribution is 0.0260. The van der Waals surface area contributed by atoms with Crippen LogP contribution in [0.5, 0.6) is 0 Å². The second-order valence-corrected chi connectivity index (χ2v) is 5.66. The molecule has 2 N–H and O–H groups in total. The van der Waals surface area contributed by atoms with E-state index in [9.17, 15) is 8.42 Å². The topological polar surface area (TPSA) is 74.6 Å². The molecule has 4 nitrogen and oxygen atoms in total. The molecule has 0 bridgehead atoms. The van der Waals surface area contributed by atoms with Crippen molar-refractivity contribution >= 4 is 9.84 Å². The summed E-state index contributed by atoms with van der Waals surface area (Å²) in [6.45, 7) is 3.08. The maximum atomic E-state index is 11.0. The van der Waals surface area contributed by atoms with Crippen molar-refractivity contribution in [3.63, 3.8) is 0 Å². The van der Waals surface area contributed by atoms with Crippen LogP contribution in [-0.2, 0) is 9.84 Å². The molecule has 0 spiro atoms. The Labute approximate surface area is 79.5 Å². The van der Waals surface area contributed by atoms with Crippen LogP contribution in [0.15, 0.2) is 0 Å². The highest BCUT2D eigenvalue weighted by Crippen LogP contribution is 2.04. The summed E-state index contributed by atoms with van der Waals surface area (Å²) in [5.41, 5.74) is 0. The van der Waals surface area contributed by atoms with Gasteiger partial charge < -0.3 is 10.2 Å². The van der Waals surface area contributed by atoms with Crippen LogP contribution in [0.25, 0.3) is 0 Å². The van der Waals surface area contributed by atoms with Gasteiger partial charge in [0.1, 0.15) is 9.84 Å². The first kappa shape index (κ1) is 12.9. The van der Waals surface area contributed by atoms with Crippen molar-refractivity contribution in [3.05, 3.63) is 0 Å². The van der Waals surface area contributed by atoms with Gasteiger partial charge in [-0.25, -0.2) is 8.42 Å². The summed E-state index contributed by atoms with van der Waals surface area (Å²) in [6.07, 6.45) is -0.865. The third-order valence-corrected chi connectivity index (χ3v) is 3.74. The van der Waals surface area contributed by atoms with Crippen LogP contribution < -0.4 is 0 Å². The molecule has 80 valence electrons. The van der Waals surface area contributed by atoms with Gasteiger partial charge >= 0.3 is 0 Å². The second kappa shape index (κ2) is 5.57. The van der Waals surface area contributed by atoms with Crippen LogP contribution in [0, 0.1) is 0 Å². The fourth-order valence-electron chi connectivity index (χ4n) is 0.898. The number of aliphatic hydroxyl groups excluding tert-OH is 2. The fraction of sp³-hybridized carbons (Fsp3) is 1.00. The monoisotopic (exact) mass is 210 g/mol. The van der Waals surface area contributed by atoms with E-state index in [0.29, 0.717) is 12.8 Å². The molecule has 0 aromatic carbocycles. The minimum atomic E-state index is -2.93. The minimum absolute atomic E-state index is 0.0906. The Morgan fingerprint density at radius 2 is 1.85 bits per heavy atom. The van der Waals surface area contributed by atoms with Crippen molar-refractivity contribution in [3.8, 4) is 0 Å². The number of hydrogen-bond acceptors (Lipinski definition) is 4. The van der Waals surface area contributed by atoms with Crippen LogP contribution >= 0.6 is 0 Å². The highest BCUT2D eigenvalue weighted by Gasteiger charge is 2.13. The first-order valence-corrected chi connectivity index (χ1v) is 6.27. The third-order valence-electron chi connectivity index (χ3n) is 1.95. The molecule has 13 heavy (non-hydrogen) atoms. The predicted octanol–water partition coefficient (Wildman–Crippen LogP) is -0.0570. The van der Waals surface area contributed by atoms with Gasteiger partial charge in [-0.05, 0) is 19.8 Å². The molecule has 0 aliphatic heterocycles. The Balaban J connectivity index is 3.69. The van der Waals surface area contributed by atoms with Gasteiger partial charge in [-0.3, -0.25) is 0 Å². The van der Waals surface area contributed by atoms with Crippen LogP contribution in [-0.4, -0.2) is 42.3 Å². The van der Waals surface area contributed by atoms with E-state index in [1.54, 1.807) is 6.92 Å². The van der Waals surface area contributed by atoms with Gasteiger partial charge in [-0.1, -0.05) is 6.92 Å². The molecular weight excluding hydrogens is 192 g/mol. The fourth-order valence-corrected chi connectivity index (χ4v) is 1.79. The smallest absolute Gasteiger partial charge is 0.150 e. The average Bonchev–Trinajstić information content (AvgIpc) is 2.04. The van der Waals surface area contributed by atoms with Gasteiger partial charge in [0.05, 0.1) is 18.0 Å². The average molecular weight is 210 g/mol. The molecule has 0 rings (SSSR count). The minimum Gasteiger partial charge on any atom is -0.391 e. The van der Waals surface area contributed by atoms with Crippen LogP contribution in [0.1, 0.15) is 26.7 Å². The van der Waals surface area contributed by atoms with Crippen molar-refractivity contribution in [1.82, 2.24) is 0 Å². The summed E-state index contributed by atoms with van der Waals surface area (Å²) in [7, 11) is -2.93. The van der Waals surface area contributed by atoms with E-state index < -0.39 is 22.0 Å². The molecule has 0 saturated heterocycles. The Bertz CT molecular complexity index is 220. The zero-order valence-corrected chi connectivity index (χ0v) is 8.92. The van der Waals surface area contributed by atoms with Gasteiger partial charge in [0.15, 0.2) is 0 Å². The highest BCUT2D eigenvalue weighted by atomic mass is 32.2. The zero-order valence-electron chi connectivity index (χ0n) is 8.10. The zero-order chi connectivity index (χ0) is 10.5. The van der Waals surface area contributed by atoms with Crippen molar-refractivity contribution in [2.75, 3.05) is 11.5 Å². The summed E-state index contributed by atoms with van der Waals surface area (Å²) in [5.74, 6) is 0.227. The maximum absolute atomic E-state index is 11.0. The van der Waals surface area contributed by atoms with E-state index in [-0.39, 0.29) is 11.5 Å². The molecule has 0 saturated carbocycles. The Kier molecular flexibility index (Phi) is 5.51. The largest absolute Gasteiger partial charge is 0.391 e. The molecule has 0 amide bonds. The normalized spacial score (nSPS) is 16.9. The van der Waals surface area contributed by atoms with E-state index in [1.807, 2.05) is 0 Å². The lowest BCUT2D eigenvalue weighted by atomic mass is 10.1. The predicted molar refractivity (Wildman–Crippen MR) is 51.2 cm³/mol. The van der Waals surface area contributed by atoms with Gasteiger partial charge in [-0.2, -0.15) is 0 Å². The Morgan fingerprint density at radius 1 is 1.31 bits per heavy atom. The van der Waals surface area contributed by atoms with E-state index in [1.165, 1.54) is 6.92 Å². The molecule has 2 atom stereocenters. The van der Waals surface area contributed by atoms with Gasteiger partial charge in [0.25, 0.3) is 0 Å². The first-order chi connectivity index (χ1) is 5.89. The molecule has 0 aromatic heterocycles. The SMILES string of the molecule is CCS(=O)(=O)CCCC(O)C(C)O. The standard InChI is InChI=1S/C8H18O4S/c1-3-13(11,12)6-4-5-8(10)7(2)9/h7-10H,3-6H2,1-2H3. The number of aliphatic hydroxyl groups is 2. The van der Waals surface area contributed by atoms with E-state index in [2.05, 4.69) is 0 Å². The van der Waals surface area contributed by atoms with Gasteiger partial charge in [0, 0.05) is 5.75 Å². The molecule has 0 fully saturated rings. The van der Waals surface area contributed by atoms with Crippen molar-refractivity contribution in [1.29, 1.82) is 0 Å².